The van der Waals surface area contributed by atoms with E-state index in [0.717, 1.165) is 11.6 Å². The van der Waals surface area contributed by atoms with Crippen LogP contribution < -0.4 is 0 Å². The molecule has 0 saturated carbocycles. The van der Waals surface area contributed by atoms with Crippen molar-refractivity contribution >= 4 is 0 Å². The molecule has 5 heteroatoms. The number of hydrogen-bond donors (Lipinski definition) is 0. The Balaban J connectivity index is 2.07. The van der Waals surface area contributed by atoms with Gasteiger partial charge in [0.1, 0.15) is 5.82 Å². The summed E-state index contributed by atoms with van der Waals surface area (Å²) in [7, 11) is 1.78. The van der Waals surface area contributed by atoms with Gasteiger partial charge in [-0.05, 0) is 30.8 Å². The number of aromatic nitrogens is 1. The summed E-state index contributed by atoms with van der Waals surface area (Å²) >= 11 is 0. The molecule has 0 aliphatic rings. The highest BCUT2D eigenvalue weighted by Crippen LogP contribution is 2.16. The monoisotopic (exact) mass is 266 g/mol. The summed E-state index contributed by atoms with van der Waals surface area (Å²) in [5.41, 5.74) is 1.15. The average molecular weight is 266 g/mol. The molecular formula is C14H13F3N2. The summed E-state index contributed by atoms with van der Waals surface area (Å²) < 4.78 is 39.4. The molecule has 0 saturated heterocycles. The molecular weight excluding hydrogens is 253 g/mol. The lowest BCUT2D eigenvalue weighted by atomic mass is 10.1. The van der Waals surface area contributed by atoms with E-state index in [1.807, 2.05) is 17.0 Å². The van der Waals surface area contributed by atoms with Gasteiger partial charge in [-0.3, -0.25) is 9.88 Å². The van der Waals surface area contributed by atoms with E-state index >= 15 is 0 Å². The van der Waals surface area contributed by atoms with Crippen LogP contribution in [0.3, 0.4) is 0 Å². The molecule has 0 unspecified atom stereocenters. The van der Waals surface area contributed by atoms with Gasteiger partial charge in [0, 0.05) is 37.1 Å². The van der Waals surface area contributed by atoms with Crippen LogP contribution >= 0.6 is 0 Å². The van der Waals surface area contributed by atoms with Gasteiger partial charge in [-0.1, -0.05) is 0 Å². The van der Waals surface area contributed by atoms with Crippen molar-refractivity contribution in [2.45, 2.75) is 13.1 Å². The first-order chi connectivity index (χ1) is 9.06. The van der Waals surface area contributed by atoms with Crippen LogP contribution in [-0.4, -0.2) is 16.9 Å². The van der Waals surface area contributed by atoms with Crippen molar-refractivity contribution in [1.82, 2.24) is 9.88 Å². The fourth-order valence-electron chi connectivity index (χ4n) is 1.83. The van der Waals surface area contributed by atoms with Gasteiger partial charge in [-0.2, -0.15) is 0 Å². The molecule has 1 aromatic carbocycles. The van der Waals surface area contributed by atoms with E-state index in [2.05, 4.69) is 4.98 Å². The highest BCUT2D eigenvalue weighted by Gasteiger charge is 2.11. The molecule has 0 radical (unpaired) electrons. The van der Waals surface area contributed by atoms with E-state index in [0.29, 0.717) is 12.6 Å². The Hall–Kier alpha value is -1.88. The van der Waals surface area contributed by atoms with Crippen LogP contribution in [0, 0.1) is 17.5 Å². The standard InChI is InChI=1S/C14H13F3N2/c1-19(8-10-2-4-18-5-3-10)9-11-6-13(16)14(17)7-12(11)15/h2-7H,8-9H2,1H3. The normalized spacial score (nSPS) is 11.0. The number of halogens is 3. The molecule has 0 spiro atoms. The minimum atomic E-state index is -1.17. The van der Waals surface area contributed by atoms with Crippen molar-refractivity contribution in [3.63, 3.8) is 0 Å². The highest BCUT2D eigenvalue weighted by molar-refractivity contribution is 5.20. The first-order valence-electron chi connectivity index (χ1n) is 5.77. The Kier molecular flexibility index (Phi) is 4.16. The molecule has 0 aliphatic carbocycles. The number of nitrogens with zero attached hydrogens (tertiary/aromatic N) is 2. The Bertz CT molecular complexity index is 558. The first-order valence-corrected chi connectivity index (χ1v) is 5.77. The molecule has 2 nitrogen and oxygen atoms in total. The fraction of sp³-hybridized carbons (Fsp3) is 0.214. The zero-order valence-corrected chi connectivity index (χ0v) is 10.4. The molecule has 2 aromatic rings. The Morgan fingerprint density at radius 2 is 1.58 bits per heavy atom. The molecule has 0 bridgehead atoms. The minimum Gasteiger partial charge on any atom is -0.298 e. The minimum absolute atomic E-state index is 0.135. The zero-order chi connectivity index (χ0) is 13.8. The summed E-state index contributed by atoms with van der Waals surface area (Å²) in [5, 5.41) is 0. The molecule has 0 aliphatic heterocycles. The SMILES string of the molecule is CN(Cc1ccncc1)Cc1cc(F)c(F)cc1F. The van der Waals surface area contributed by atoms with Gasteiger partial charge in [0.25, 0.3) is 0 Å². The summed E-state index contributed by atoms with van der Waals surface area (Å²) in [5.74, 6) is -2.94. The van der Waals surface area contributed by atoms with Crippen LogP contribution in [0.1, 0.15) is 11.1 Å². The van der Waals surface area contributed by atoms with Gasteiger partial charge in [0.15, 0.2) is 11.6 Å². The van der Waals surface area contributed by atoms with Crippen molar-refractivity contribution in [1.29, 1.82) is 0 Å². The van der Waals surface area contributed by atoms with Crippen molar-refractivity contribution < 1.29 is 13.2 Å². The van der Waals surface area contributed by atoms with E-state index in [1.165, 1.54) is 0 Å². The van der Waals surface area contributed by atoms with E-state index in [1.54, 1.807) is 19.4 Å². The molecule has 1 aromatic heterocycles. The molecule has 0 fully saturated rings. The third kappa shape index (κ3) is 3.54. The first kappa shape index (κ1) is 13.5. The summed E-state index contributed by atoms with van der Waals surface area (Å²) in [6.45, 7) is 0.770. The third-order valence-electron chi connectivity index (χ3n) is 2.73. The van der Waals surface area contributed by atoms with Crippen LogP contribution in [0.5, 0.6) is 0 Å². The Labute approximate surface area is 109 Å². The van der Waals surface area contributed by atoms with Crippen molar-refractivity contribution in [3.05, 3.63) is 65.2 Å². The molecule has 2 rings (SSSR count). The summed E-state index contributed by atoms with van der Waals surface area (Å²) in [6, 6.07) is 5.16. The molecule has 19 heavy (non-hydrogen) atoms. The highest BCUT2D eigenvalue weighted by atomic mass is 19.2. The molecule has 0 amide bonds. The third-order valence-corrected chi connectivity index (χ3v) is 2.73. The number of hydrogen-bond acceptors (Lipinski definition) is 2. The number of rotatable bonds is 4. The van der Waals surface area contributed by atoms with Gasteiger partial charge in [-0.25, -0.2) is 13.2 Å². The van der Waals surface area contributed by atoms with Crippen LogP contribution in [0.25, 0.3) is 0 Å². The van der Waals surface area contributed by atoms with Gasteiger partial charge in [-0.15, -0.1) is 0 Å². The maximum atomic E-state index is 13.5. The van der Waals surface area contributed by atoms with Gasteiger partial charge >= 0.3 is 0 Å². The summed E-state index contributed by atoms with van der Waals surface area (Å²) in [4.78, 5) is 5.71. The second-order valence-electron chi connectivity index (χ2n) is 4.39. The second-order valence-corrected chi connectivity index (χ2v) is 4.39. The smallest absolute Gasteiger partial charge is 0.161 e. The van der Waals surface area contributed by atoms with Crippen LogP contribution in [0.15, 0.2) is 36.7 Å². The summed E-state index contributed by atoms with van der Waals surface area (Å²) in [6.07, 6.45) is 3.34. The number of pyridine rings is 1. The molecule has 1 heterocycles. The van der Waals surface area contributed by atoms with Crippen molar-refractivity contribution in [2.75, 3.05) is 7.05 Å². The van der Waals surface area contributed by atoms with E-state index in [9.17, 15) is 13.2 Å². The van der Waals surface area contributed by atoms with E-state index in [-0.39, 0.29) is 12.1 Å². The van der Waals surface area contributed by atoms with Crippen molar-refractivity contribution in [2.24, 2.45) is 0 Å². The maximum absolute atomic E-state index is 13.5. The molecule has 0 atom stereocenters. The van der Waals surface area contributed by atoms with Crippen LogP contribution in [0.2, 0.25) is 0 Å². The van der Waals surface area contributed by atoms with Gasteiger partial charge < -0.3 is 0 Å². The topological polar surface area (TPSA) is 16.1 Å². The van der Waals surface area contributed by atoms with Crippen LogP contribution in [0.4, 0.5) is 13.2 Å². The quantitative estimate of drug-likeness (QED) is 0.790. The lowest BCUT2D eigenvalue weighted by Crippen LogP contribution is -2.18. The second kappa shape index (κ2) is 5.84. The van der Waals surface area contributed by atoms with E-state index < -0.39 is 17.5 Å². The lowest BCUT2D eigenvalue weighted by Gasteiger charge is -2.17. The predicted octanol–water partition coefficient (Wildman–Crippen LogP) is 3.13. The molecule has 100 valence electrons. The van der Waals surface area contributed by atoms with Crippen molar-refractivity contribution in [3.8, 4) is 0 Å². The van der Waals surface area contributed by atoms with E-state index in [4.69, 9.17) is 0 Å². The Morgan fingerprint density at radius 1 is 0.947 bits per heavy atom. The van der Waals surface area contributed by atoms with Gasteiger partial charge in [0.2, 0.25) is 0 Å². The predicted molar refractivity (Wildman–Crippen MR) is 65.7 cm³/mol. The molecule has 0 N–H and O–H groups in total. The average Bonchev–Trinajstić information content (AvgIpc) is 2.37. The Morgan fingerprint density at radius 3 is 2.26 bits per heavy atom. The zero-order valence-electron chi connectivity index (χ0n) is 10.4. The number of benzene rings is 1. The fourth-order valence-corrected chi connectivity index (χ4v) is 1.83. The van der Waals surface area contributed by atoms with Gasteiger partial charge in [0.05, 0.1) is 0 Å². The lowest BCUT2D eigenvalue weighted by molar-refractivity contribution is 0.312. The van der Waals surface area contributed by atoms with Crippen LogP contribution in [-0.2, 0) is 13.1 Å². The maximum Gasteiger partial charge on any atom is 0.161 e. The largest absolute Gasteiger partial charge is 0.298 e.